The molecule has 0 aromatic carbocycles. The number of epoxide rings is 1. The van der Waals surface area contributed by atoms with Crippen LogP contribution in [0.25, 0.3) is 0 Å². The van der Waals surface area contributed by atoms with Crippen molar-refractivity contribution in [2.75, 3.05) is 6.54 Å². The van der Waals surface area contributed by atoms with Gasteiger partial charge in [-0.25, -0.2) is 0 Å². The Labute approximate surface area is 66.8 Å². The zero-order valence-electron chi connectivity index (χ0n) is 6.82. The van der Waals surface area contributed by atoms with E-state index in [-0.39, 0.29) is 18.6 Å². The molecule has 4 nitrogen and oxygen atoms in total. The van der Waals surface area contributed by atoms with Gasteiger partial charge in [-0.15, -0.1) is 0 Å². The standard InChI is InChI=1S/C7H16N2O2/c1-5-7(10-5)11-6(9)3-2-4-8/h5-7H,2-4,8-9H2,1H3. The van der Waals surface area contributed by atoms with E-state index in [0.717, 1.165) is 12.8 Å². The van der Waals surface area contributed by atoms with Crippen LogP contribution in [0.15, 0.2) is 0 Å². The Morgan fingerprint density at radius 3 is 2.73 bits per heavy atom. The van der Waals surface area contributed by atoms with Gasteiger partial charge in [0.1, 0.15) is 12.3 Å². The summed E-state index contributed by atoms with van der Waals surface area (Å²) < 4.78 is 10.3. The van der Waals surface area contributed by atoms with Gasteiger partial charge in [0, 0.05) is 0 Å². The van der Waals surface area contributed by atoms with Gasteiger partial charge in [-0.2, -0.15) is 0 Å². The minimum Gasteiger partial charge on any atom is -0.342 e. The number of nitrogens with two attached hydrogens (primary N) is 2. The smallest absolute Gasteiger partial charge is 0.186 e. The summed E-state index contributed by atoms with van der Waals surface area (Å²) in [5.41, 5.74) is 10.9. The fourth-order valence-electron chi connectivity index (χ4n) is 0.868. The lowest BCUT2D eigenvalue weighted by molar-refractivity contribution is -0.0123. The topological polar surface area (TPSA) is 73.8 Å². The Morgan fingerprint density at radius 2 is 2.27 bits per heavy atom. The lowest BCUT2D eigenvalue weighted by Gasteiger charge is -2.09. The summed E-state index contributed by atoms with van der Waals surface area (Å²) in [7, 11) is 0. The van der Waals surface area contributed by atoms with Crippen LogP contribution in [-0.2, 0) is 9.47 Å². The minimum atomic E-state index is -0.214. The molecule has 0 spiro atoms. The zero-order chi connectivity index (χ0) is 8.27. The second kappa shape index (κ2) is 4.01. The van der Waals surface area contributed by atoms with Gasteiger partial charge >= 0.3 is 0 Å². The van der Waals surface area contributed by atoms with E-state index >= 15 is 0 Å². The molecular formula is C7H16N2O2. The molecule has 1 rings (SSSR count). The molecule has 1 aliphatic rings. The fraction of sp³-hybridized carbons (Fsp3) is 1.00. The molecule has 0 amide bonds. The van der Waals surface area contributed by atoms with Gasteiger partial charge in [0.05, 0.1) is 0 Å². The Morgan fingerprint density at radius 1 is 1.64 bits per heavy atom. The Hall–Kier alpha value is -0.160. The van der Waals surface area contributed by atoms with Crippen molar-refractivity contribution in [2.24, 2.45) is 11.5 Å². The van der Waals surface area contributed by atoms with Crippen molar-refractivity contribution >= 4 is 0 Å². The third kappa shape index (κ3) is 3.16. The van der Waals surface area contributed by atoms with Crippen LogP contribution in [0.2, 0.25) is 0 Å². The molecule has 1 fully saturated rings. The van der Waals surface area contributed by atoms with E-state index < -0.39 is 0 Å². The number of hydrogen-bond acceptors (Lipinski definition) is 4. The van der Waals surface area contributed by atoms with Gasteiger partial charge in [0.15, 0.2) is 6.29 Å². The predicted octanol–water partition coefficient (Wildman–Crippen LogP) is -0.228. The third-order valence-electron chi connectivity index (χ3n) is 1.66. The molecule has 0 radical (unpaired) electrons. The van der Waals surface area contributed by atoms with Crippen LogP contribution < -0.4 is 11.5 Å². The molecule has 1 saturated heterocycles. The molecule has 0 aromatic rings. The summed E-state index contributed by atoms with van der Waals surface area (Å²) >= 11 is 0. The highest BCUT2D eigenvalue weighted by atomic mass is 16.8. The second-order valence-electron chi connectivity index (χ2n) is 2.82. The van der Waals surface area contributed by atoms with Crippen molar-refractivity contribution in [1.82, 2.24) is 0 Å². The SMILES string of the molecule is CC1OC1OC(N)CCCN. The molecule has 0 aliphatic carbocycles. The minimum absolute atomic E-state index is 0.0669. The van der Waals surface area contributed by atoms with E-state index in [1.54, 1.807) is 0 Å². The van der Waals surface area contributed by atoms with Crippen molar-refractivity contribution < 1.29 is 9.47 Å². The van der Waals surface area contributed by atoms with E-state index in [1.165, 1.54) is 0 Å². The molecule has 4 heteroatoms. The molecule has 1 heterocycles. The summed E-state index contributed by atoms with van der Waals surface area (Å²) in [5, 5.41) is 0. The van der Waals surface area contributed by atoms with Crippen molar-refractivity contribution in [3.63, 3.8) is 0 Å². The Kier molecular flexibility index (Phi) is 3.26. The quantitative estimate of drug-likeness (QED) is 0.430. The molecule has 0 aromatic heterocycles. The van der Waals surface area contributed by atoms with Crippen molar-refractivity contribution in [3.05, 3.63) is 0 Å². The normalized spacial score (nSPS) is 31.9. The molecule has 66 valence electrons. The van der Waals surface area contributed by atoms with Crippen LogP contribution in [0, 0.1) is 0 Å². The summed E-state index contributed by atoms with van der Waals surface area (Å²) in [6.45, 7) is 2.62. The lowest BCUT2D eigenvalue weighted by Crippen LogP contribution is -2.26. The van der Waals surface area contributed by atoms with Crippen molar-refractivity contribution in [3.8, 4) is 0 Å². The van der Waals surface area contributed by atoms with Crippen molar-refractivity contribution in [1.29, 1.82) is 0 Å². The first kappa shape index (κ1) is 8.93. The lowest BCUT2D eigenvalue weighted by atomic mass is 10.3. The first-order valence-electron chi connectivity index (χ1n) is 4.00. The van der Waals surface area contributed by atoms with E-state index in [9.17, 15) is 0 Å². The van der Waals surface area contributed by atoms with Gasteiger partial charge in [-0.05, 0) is 26.3 Å². The van der Waals surface area contributed by atoms with Gasteiger partial charge in [-0.1, -0.05) is 0 Å². The fourth-order valence-corrected chi connectivity index (χ4v) is 0.868. The summed E-state index contributed by atoms with van der Waals surface area (Å²) in [6, 6.07) is 0. The average molecular weight is 160 g/mol. The molecular weight excluding hydrogens is 144 g/mol. The molecule has 3 atom stereocenters. The molecule has 11 heavy (non-hydrogen) atoms. The maximum atomic E-state index is 5.61. The Balaban J connectivity index is 1.97. The van der Waals surface area contributed by atoms with E-state index in [2.05, 4.69) is 0 Å². The first-order valence-corrected chi connectivity index (χ1v) is 4.00. The summed E-state index contributed by atoms with van der Waals surface area (Å²) in [6.07, 6.45) is 1.65. The molecule has 3 unspecified atom stereocenters. The van der Waals surface area contributed by atoms with Crippen molar-refractivity contribution in [2.45, 2.75) is 38.4 Å². The summed E-state index contributed by atoms with van der Waals surface area (Å²) in [5.74, 6) is 0. The largest absolute Gasteiger partial charge is 0.342 e. The maximum absolute atomic E-state index is 5.61. The first-order chi connectivity index (χ1) is 5.24. The van der Waals surface area contributed by atoms with Crippen LogP contribution in [0.5, 0.6) is 0 Å². The summed E-state index contributed by atoms with van der Waals surface area (Å²) in [4.78, 5) is 0. The van der Waals surface area contributed by atoms with Crippen LogP contribution in [0.4, 0.5) is 0 Å². The Bertz CT molecular complexity index is 121. The van der Waals surface area contributed by atoms with Crippen LogP contribution in [0.1, 0.15) is 19.8 Å². The van der Waals surface area contributed by atoms with Gasteiger partial charge in [-0.3, -0.25) is 0 Å². The predicted molar refractivity (Wildman–Crippen MR) is 41.7 cm³/mol. The van der Waals surface area contributed by atoms with E-state index in [1.807, 2.05) is 6.92 Å². The zero-order valence-corrected chi connectivity index (χ0v) is 6.82. The number of ether oxygens (including phenoxy) is 2. The van der Waals surface area contributed by atoms with Gasteiger partial charge in [0.2, 0.25) is 0 Å². The van der Waals surface area contributed by atoms with Gasteiger partial charge in [0.25, 0.3) is 0 Å². The molecule has 1 aliphatic heterocycles. The monoisotopic (exact) mass is 160 g/mol. The van der Waals surface area contributed by atoms with E-state index in [4.69, 9.17) is 20.9 Å². The average Bonchev–Trinajstić information content (AvgIpc) is 2.62. The van der Waals surface area contributed by atoms with E-state index in [0.29, 0.717) is 6.54 Å². The van der Waals surface area contributed by atoms with Crippen LogP contribution >= 0.6 is 0 Å². The van der Waals surface area contributed by atoms with Gasteiger partial charge < -0.3 is 20.9 Å². The number of hydrogen-bond donors (Lipinski definition) is 2. The highest BCUT2D eigenvalue weighted by Gasteiger charge is 2.36. The number of rotatable bonds is 5. The molecule has 0 bridgehead atoms. The molecule has 4 N–H and O–H groups in total. The van der Waals surface area contributed by atoms with Crippen LogP contribution in [0.3, 0.4) is 0 Å². The van der Waals surface area contributed by atoms with Crippen LogP contribution in [-0.4, -0.2) is 25.2 Å². The second-order valence-corrected chi connectivity index (χ2v) is 2.82. The maximum Gasteiger partial charge on any atom is 0.186 e. The highest BCUT2D eigenvalue weighted by Crippen LogP contribution is 2.23. The highest BCUT2D eigenvalue weighted by molar-refractivity contribution is 4.71. The molecule has 0 saturated carbocycles. The third-order valence-corrected chi connectivity index (χ3v) is 1.66.